The molecule has 0 atom stereocenters. The average molecular weight is 245 g/mol. The molecule has 0 fully saturated rings. The first-order valence-electron chi connectivity index (χ1n) is 4.34. The number of amides is 1. The lowest BCUT2D eigenvalue weighted by molar-refractivity contribution is -0.120. The highest BCUT2D eigenvalue weighted by Crippen LogP contribution is 2.16. The zero-order valence-corrected chi connectivity index (χ0v) is 9.56. The highest BCUT2D eigenvalue weighted by atomic mass is 32.3. The van der Waals surface area contributed by atoms with Crippen molar-refractivity contribution in [1.29, 1.82) is 0 Å². The molecule has 0 aliphatic heterocycles. The van der Waals surface area contributed by atoms with Gasteiger partial charge in [-0.3, -0.25) is 9.35 Å². The Balaban J connectivity index is 3.03. The standard InChI is InChI=1S/C9H11NO5S/c1-7-3-5-9(6-4-7)10(8(2)11)15-16(12,13)14/h3-6H,1-2H3,(H,12,13,14). The van der Waals surface area contributed by atoms with Crippen molar-refractivity contribution in [3.05, 3.63) is 29.8 Å². The van der Waals surface area contributed by atoms with Crippen LogP contribution in [0.1, 0.15) is 12.5 Å². The fraction of sp³-hybridized carbons (Fsp3) is 0.222. The molecule has 0 spiro atoms. The van der Waals surface area contributed by atoms with Crippen LogP contribution >= 0.6 is 0 Å². The zero-order valence-electron chi connectivity index (χ0n) is 8.75. The third-order valence-electron chi connectivity index (χ3n) is 1.72. The first-order chi connectivity index (χ1) is 7.29. The van der Waals surface area contributed by atoms with E-state index in [0.29, 0.717) is 5.06 Å². The van der Waals surface area contributed by atoms with E-state index in [-0.39, 0.29) is 5.69 Å². The minimum atomic E-state index is -4.72. The number of aryl methyl sites for hydroxylation is 1. The van der Waals surface area contributed by atoms with Crippen LogP contribution in [-0.2, 0) is 19.5 Å². The number of benzene rings is 1. The van der Waals surface area contributed by atoms with Crippen molar-refractivity contribution in [3.8, 4) is 0 Å². The Morgan fingerprint density at radius 3 is 2.19 bits per heavy atom. The lowest BCUT2D eigenvalue weighted by Gasteiger charge is -2.17. The molecule has 1 amide bonds. The van der Waals surface area contributed by atoms with E-state index in [1.54, 1.807) is 12.1 Å². The Labute approximate surface area is 93.4 Å². The van der Waals surface area contributed by atoms with Gasteiger partial charge in [-0.15, -0.1) is 4.28 Å². The normalized spacial score (nSPS) is 11.2. The molecule has 1 N–H and O–H groups in total. The van der Waals surface area contributed by atoms with E-state index in [1.165, 1.54) is 12.1 Å². The summed E-state index contributed by atoms with van der Waals surface area (Å²) in [6, 6.07) is 6.36. The molecule has 0 radical (unpaired) electrons. The van der Waals surface area contributed by atoms with Crippen molar-refractivity contribution in [2.24, 2.45) is 0 Å². The maximum absolute atomic E-state index is 11.1. The number of hydrogen-bond donors (Lipinski definition) is 1. The highest BCUT2D eigenvalue weighted by Gasteiger charge is 2.19. The van der Waals surface area contributed by atoms with Crippen LogP contribution in [0.4, 0.5) is 5.69 Å². The Kier molecular flexibility index (Phi) is 3.63. The van der Waals surface area contributed by atoms with Crippen LogP contribution in [0, 0.1) is 6.92 Å². The third kappa shape index (κ3) is 3.61. The Morgan fingerprint density at radius 1 is 1.31 bits per heavy atom. The second kappa shape index (κ2) is 4.60. The SMILES string of the molecule is CC(=O)N(OS(=O)(=O)O)c1ccc(C)cc1. The van der Waals surface area contributed by atoms with Gasteiger partial charge in [0.1, 0.15) is 0 Å². The zero-order chi connectivity index (χ0) is 12.3. The van der Waals surface area contributed by atoms with Crippen molar-refractivity contribution in [2.75, 3.05) is 5.06 Å². The molecule has 0 saturated carbocycles. The van der Waals surface area contributed by atoms with E-state index in [1.807, 2.05) is 6.92 Å². The van der Waals surface area contributed by atoms with Crippen molar-refractivity contribution in [1.82, 2.24) is 0 Å². The highest BCUT2D eigenvalue weighted by molar-refractivity contribution is 7.81. The molecule has 0 unspecified atom stereocenters. The average Bonchev–Trinajstić information content (AvgIpc) is 2.14. The largest absolute Gasteiger partial charge is 0.418 e. The summed E-state index contributed by atoms with van der Waals surface area (Å²) in [5.74, 6) is -0.665. The van der Waals surface area contributed by atoms with Gasteiger partial charge in [0.2, 0.25) is 5.91 Å². The lowest BCUT2D eigenvalue weighted by Crippen LogP contribution is -2.31. The topological polar surface area (TPSA) is 83.9 Å². The van der Waals surface area contributed by atoms with Crippen molar-refractivity contribution >= 4 is 22.0 Å². The molecule has 1 rings (SSSR count). The molecule has 0 saturated heterocycles. The Hall–Kier alpha value is -1.44. The molecule has 0 heterocycles. The van der Waals surface area contributed by atoms with Crippen LogP contribution in [0.5, 0.6) is 0 Å². The molecule has 1 aromatic carbocycles. The quantitative estimate of drug-likeness (QED) is 0.636. The molecule has 0 bridgehead atoms. The molecule has 6 nitrogen and oxygen atoms in total. The minimum absolute atomic E-state index is 0.218. The van der Waals surface area contributed by atoms with E-state index < -0.39 is 16.3 Å². The van der Waals surface area contributed by atoms with Crippen LogP contribution in [0.25, 0.3) is 0 Å². The number of hydrogen-bond acceptors (Lipinski definition) is 4. The van der Waals surface area contributed by atoms with Crippen molar-refractivity contribution in [3.63, 3.8) is 0 Å². The number of nitrogens with zero attached hydrogens (tertiary/aromatic N) is 1. The second-order valence-corrected chi connectivity index (χ2v) is 4.16. The molecular formula is C9H11NO5S. The maximum atomic E-state index is 11.1. The van der Waals surface area contributed by atoms with Gasteiger partial charge in [-0.2, -0.15) is 13.5 Å². The van der Waals surface area contributed by atoms with E-state index in [2.05, 4.69) is 4.28 Å². The summed E-state index contributed by atoms with van der Waals surface area (Å²) in [5.41, 5.74) is 1.16. The molecule has 0 aliphatic rings. The van der Waals surface area contributed by atoms with Crippen LogP contribution in [0.2, 0.25) is 0 Å². The first-order valence-corrected chi connectivity index (χ1v) is 5.70. The van der Waals surface area contributed by atoms with Crippen molar-refractivity contribution in [2.45, 2.75) is 13.8 Å². The van der Waals surface area contributed by atoms with Gasteiger partial charge >= 0.3 is 10.4 Å². The third-order valence-corrected chi connectivity index (χ3v) is 2.06. The molecular weight excluding hydrogens is 234 g/mol. The minimum Gasteiger partial charge on any atom is -0.272 e. The first kappa shape index (κ1) is 12.6. The summed E-state index contributed by atoms with van der Waals surface area (Å²) >= 11 is 0. The van der Waals surface area contributed by atoms with Crippen LogP contribution in [0.3, 0.4) is 0 Å². The number of hydroxylamine groups is 1. The van der Waals surface area contributed by atoms with Gasteiger partial charge in [0.15, 0.2) is 0 Å². The van der Waals surface area contributed by atoms with Gasteiger partial charge in [-0.05, 0) is 19.1 Å². The van der Waals surface area contributed by atoms with Gasteiger partial charge in [0.05, 0.1) is 5.69 Å². The summed E-state index contributed by atoms with van der Waals surface area (Å²) in [7, 11) is -4.72. The molecule has 88 valence electrons. The van der Waals surface area contributed by atoms with Gasteiger partial charge in [-0.1, -0.05) is 17.7 Å². The Bertz CT molecular complexity index is 479. The van der Waals surface area contributed by atoms with Crippen molar-refractivity contribution < 1.29 is 22.0 Å². The summed E-state index contributed by atoms with van der Waals surface area (Å²) in [6.07, 6.45) is 0. The number of anilines is 1. The number of carbonyl (C=O) groups excluding carboxylic acids is 1. The fourth-order valence-electron chi connectivity index (χ4n) is 1.05. The number of rotatable bonds is 3. The summed E-state index contributed by atoms with van der Waals surface area (Å²) in [5, 5.41) is 0.495. The van der Waals surface area contributed by atoms with Crippen LogP contribution in [0.15, 0.2) is 24.3 Å². The molecule has 7 heteroatoms. The van der Waals surface area contributed by atoms with E-state index in [9.17, 15) is 13.2 Å². The molecule has 1 aromatic rings. The maximum Gasteiger partial charge on any atom is 0.418 e. The molecule has 0 aromatic heterocycles. The smallest absolute Gasteiger partial charge is 0.272 e. The van der Waals surface area contributed by atoms with Gasteiger partial charge in [0.25, 0.3) is 0 Å². The van der Waals surface area contributed by atoms with Gasteiger partial charge in [0, 0.05) is 6.92 Å². The van der Waals surface area contributed by atoms with E-state index >= 15 is 0 Å². The Morgan fingerprint density at radius 2 is 1.81 bits per heavy atom. The summed E-state index contributed by atoms with van der Waals surface area (Å²) < 4.78 is 33.7. The van der Waals surface area contributed by atoms with Crippen LogP contribution < -0.4 is 5.06 Å². The van der Waals surface area contributed by atoms with Crippen LogP contribution in [-0.4, -0.2) is 18.9 Å². The number of carbonyl (C=O) groups is 1. The lowest BCUT2D eigenvalue weighted by atomic mass is 10.2. The molecule has 0 aliphatic carbocycles. The van der Waals surface area contributed by atoms with E-state index in [0.717, 1.165) is 12.5 Å². The monoisotopic (exact) mass is 245 g/mol. The van der Waals surface area contributed by atoms with E-state index in [4.69, 9.17) is 4.55 Å². The predicted molar refractivity (Wildman–Crippen MR) is 57.0 cm³/mol. The summed E-state index contributed by atoms with van der Waals surface area (Å²) in [6.45, 7) is 2.95. The second-order valence-electron chi connectivity index (χ2n) is 3.15. The fourth-order valence-corrected chi connectivity index (χ4v) is 1.43. The van der Waals surface area contributed by atoms with Gasteiger partial charge < -0.3 is 0 Å². The summed E-state index contributed by atoms with van der Waals surface area (Å²) in [4.78, 5) is 11.1. The predicted octanol–water partition coefficient (Wildman–Crippen LogP) is 1.08. The molecule has 16 heavy (non-hydrogen) atoms. The van der Waals surface area contributed by atoms with Gasteiger partial charge in [-0.25, -0.2) is 0 Å².